The van der Waals surface area contributed by atoms with E-state index in [1.54, 1.807) is 0 Å². The van der Waals surface area contributed by atoms with Crippen molar-refractivity contribution in [3.63, 3.8) is 0 Å². The van der Waals surface area contributed by atoms with E-state index in [9.17, 15) is 0 Å². The normalized spacial score (nSPS) is 24.8. The largest absolute Gasteiger partial charge is 0.198 e. The van der Waals surface area contributed by atoms with Crippen LogP contribution >= 0.6 is 15.9 Å². The zero-order valence-electron chi connectivity index (χ0n) is 8.36. The summed E-state index contributed by atoms with van der Waals surface area (Å²) < 4.78 is 1.11. The van der Waals surface area contributed by atoms with Crippen LogP contribution in [0, 0.1) is 17.2 Å². The van der Waals surface area contributed by atoms with E-state index in [4.69, 9.17) is 5.26 Å². The second-order valence-corrected chi connectivity index (χ2v) is 4.77. The van der Waals surface area contributed by atoms with E-state index in [0.29, 0.717) is 5.92 Å². The van der Waals surface area contributed by atoms with E-state index in [1.807, 2.05) is 6.08 Å². The molecule has 2 rings (SSSR count). The number of benzene rings is 1. The quantitative estimate of drug-likeness (QED) is 0.701. The molecule has 0 radical (unpaired) electrons. The lowest BCUT2D eigenvalue weighted by atomic mass is 9.85. The fourth-order valence-corrected chi connectivity index (χ4v) is 2.18. The van der Waals surface area contributed by atoms with Gasteiger partial charge in [-0.2, -0.15) is 5.26 Å². The molecule has 1 aliphatic rings. The Kier molecular flexibility index (Phi) is 3.23. The molecule has 0 aromatic heterocycles. The lowest BCUT2D eigenvalue weighted by molar-refractivity contribution is 0.588. The Balaban J connectivity index is 2.14. The minimum atomic E-state index is 0.122. The van der Waals surface area contributed by atoms with Gasteiger partial charge >= 0.3 is 0 Å². The lowest BCUT2D eigenvalue weighted by Crippen LogP contribution is -2.05. The first-order valence-corrected chi connectivity index (χ1v) is 5.92. The molecule has 1 aliphatic carbocycles. The van der Waals surface area contributed by atoms with Crippen LogP contribution in [0.25, 0.3) is 0 Å². The van der Waals surface area contributed by atoms with Gasteiger partial charge in [-0.05, 0) is 30.5 Å². The number of hydrogen-bond donors (Lipinski definition) is 0. The van der Waals surface area contributed by atoms with Crippen molar-refractivity contribution in [2.75, 3.05) is 0 Å². The standard InChI is InChI=1S/C13H12BrN/c14-13-7-5-12(6-8-13)11-3-1-10(9-15)2-4-11/h1,3,5-8,10-11H,2,4H2. The van der Waals surface area contributed by atoms with Crippen LogP contribution in [0.15, 0.2) is 40.9 Å². The first kappa shape index (κ1) is 10.4. The Labute approximate surface area is 98.6 Å². The predicted octanol–water partition coefficient (Wildman–Crippen LogP) is 4.02. The summed E-state index contributed by atoms with van der Waals surface area (Å²) in [5.74, 6) is 0.611. The highest BCUT2D eigenvalue weighted by molar-refractivity contribution is 9.10. The number of halogens is 1. The zero-order valence-corrected chi connectivity index (χ0v) is 9.94. The van der Waals surface area contributed by atoms with Gasteiger partial charge in [-0.3, -0.25) is 0 Å². The molecule has 0 saturated carbocycles. The number of nitriles is 1. The molecule has 0 aliphatic heterocycles. The maximum absolute atomic E-state index is 8.78. The Morgan fingerprint density at radius 2 is 1.87 bits per heavy atom. The third kappa shape index (κ3) is 2.49. The highest BCUT2D eigenvalue weighted by Gasteiger charge is 2.16. The molecule has 0 bridgehead atoms. The van der Waals surface area contributed by atoms with Crippen molar-refractivity contribution in [2.45, 2.75) is 18.8 Å². The maximum Gasteiger partial charge on any atom is 0.0697 e. The van der Waals surface area contributed by atoms with Crippen molar-refractivity contribution >= 4 is 15.9 Å². The first-order chi connectivity index (χ1) is 7.29. The van der Waals surface area contributed by atoms with Crippen LogP contribution in [0.4, 0.5) is 0 Å². The lowest BCUT2D eigenvalue weighted by Gasteiger charge is -2.19. The third-order valence-electron chi connectivity index (χ3n) is 2.83. The molecule has 2 atom stereocenters. The summed E-state index contributed by atoms with van der Waals surface area (Å²) >= 11 is 3.43. The molecule has 76 valence electrons. The minimum absolute atomic E-state index is 0.122. The van der Waals surface area contributed by atoms with Crippen molar-refractivity contribution in [3.05, 3.63) is 46.5 Å². The van der Waals surface area contributed by atoms with Gasteiger partial charge in [0, 0.05) is 10.4 Å². The van der Waals surface area contributed by atoms with Gasteiger partial charge in [-0.1, -0.05) is 40.2 Å². The average molecular weight is 262 g/mol. The van der Waals surface area contributed by atoms with E-state index in [1.165, 1.54) is 5.56 Å². The highest BCUT2D eigenvalue weighted by Crippen LogP contribution is 2.30. The molecular weight excluding hydrogens is 250 g/mol. The molecule has 0 spiro atoms. The number of nitrogens with zero attached hydrogens (tertiary/aromatic N) is 1. The zero-order chi connectivity index (χ0) is 10.7. The van der Waals surface area contributed by atoms with E-state index in [0.717, 1.165) is 17.3 Å². The molecule has 1 aromatic carbocycles. The van der Waals surface area contributed by atoms with Gasteiger partial charge in [0.25, 0.3) is 0 Å². The van der Waals surface area contributed by atoms with Gasteiger partial charge < -0.3 is 0 Å². The number of rotatable bonds is 1. The van der Waals surface area contributed by atoms with Gasteiger partial charge in [-0.15, -0.1) is 0 Å². The van der Waals surface area contributed by atoms with Crippen molar-refractivity contribution in [1.82, 2.24) is 0 Å². The first-order valence-electron chi connectivity index (χ1n) is 5.13. The van der Waals surface area contributed by atoms with Crippen LogP contribution in [-0.4, -0.2) is 0 Å². The Bertz CT molecular complexity index is 400. The molecule has 2 heteroatoms. The third-order valence-corrected chi connectivity index (χ3v) is 3.36. The molecule has 1 nitrogen and oxygen atoms in total. The molecule has 1 aromatic rings. The summed E-state index contributed by atoms with van der Waals surface area (Å²) in [7, 11) is 0. The maximum atomic E-state index is 8.78. The van der Waals surface area contributed by atoms with E-state index < -0.39 is 0 Å². The topological polar surface area (TPSA) is 23.8 Å². The molecule has 0 N–H and O–H groups in total. The van der Waals surface area contributed by atoms with Crippen LogP contribution in [-0.2, 0) is 0 Å². The molecule has 15 heavy (non-hydrogen) atoms. The Morgan fingerprint density at radius 3 is 2.40 bits per heavy atom. The average Bonchev–Trinajstić information content (AvgIpc) is 2.30. The molecule has 0 amide bonds. The summed E-state index contributed by atoms with van der Waals surface area (Å²) in [6, 6.07) is 10.7. The minimum Gasteiger partial charge on any atom is -0.198 e. The Morgan fingerprint density at radius 1 is 1.13 bits per heavy atom. The van der Waals surface area contributed by atoms with Gasteiger partial charge in [0.05, 0.1) is 12.0 Å². The summed E-state index contributed by atoms with van der Waals surface area (Å²) in [5.41, 5.74) is 1.34. The Hall–Kier alpha value is -1.07. The van der Waals surface area contributed by atoms with Crippen molar-refractivity contribution in [3.8, 4) is 6.07 Å². The summed E-state index contributed by atoms with van der Waals surface area (Å²) in [6.45, 7) is 0. The van der Waals surface area contributed by atoms with Crippen LogP contribution in [0.2, 0.25) is 0 Å². The highest BCUT2D eigenvalue weighted by atomic mass is 79.9. The van der Waals surface area contributed by atoms with E-state index in [-0.39, 0.29) is 5.92 Å². The van der Waals surface area contributed by atoms with Gasteiger partial charge in [0.1, 0.15) is 0 Å². The number of allylic oxidation sites excluding steroid dienone is 2. The van der Waals surface area contributed by atoms with Gasteiger partial charge in [0.15, 0.2) is 0 Å². The van der Waals surface area contributed by atoms with Gasteiger partial charge in [-0.25, -0.2) is 0 Å². The van der Waals surface area contributed by atoms with Crippen LogP contribution in [0.3, 0.4) is 0 Å². The monoisotopic (exact) mass is 261 g/mol. The fraction of sp³-hybridized carbons (Fsp3) is 0.308. The molecule has 0 heterocycles. The number of hydrogen-bond acceptors (Lipinski definition) is 1. The van der Waals surface area contributed by atoms with E-state index >= 15 is 0 Å². The predicted molar refractivity (Wildman–Crippen MR) is 64.4 cm³/mol. The van der Waals surface area contributed by atoms with Crippen molar-refractivity contribution in [1.29, 1.82) is 5.26 Å². The smallest absolute Gasteiger partial charge is 0.0697 e. The van der Waals surface area contributed by atoms with Crippen LogP contribution < -0.4 is 0 Å². The molecule has 0 fully saturated rings. The van der Waals surface area contributed by atoms with Crippen molar-refractivity contribution in [2.24, 2.45) is 5.92 Å². The summed E-state index contributed by atoms with van der Waals surface area (Å²) in [4.78, 5) is 0. The second-order valence-electron chi connectivity index (χ2n) is 3.86. The molecule has 2 unspecified atom stereocenters. The fourth-order valence-electron chi connectivity index (χ4n) is 1.92. The van der Waals surface area contributed by atoms with Crippen molar-refractivity contribution < 1.29 is 0 Å². The van der Waals surface area contributed by atoms with E-state index in [2.05, 4.69) is 52.3 Å². The van der Waals surface area contributed by atoms with Crippen LogP contribution in [0.5, 0.6) is 0 Å². The van der Waals surface area contributed by atoms with Crippen LogP contribution in [0.1, 0.15) is 24.3 Å². The summed E-state index contributed by atoms with van der Waals surface area (Å²) in [6.07, 6.45) is 6.26. The second kappa shape index (κ2) is 4.63. The molecular formula is C13H12BrN. The summed E-state index contributed by atoms with van der Waals surface area (Å²) in [5, 5.41) is 8.78. The SMILES string of the molecule is N#CC1C=CC(c2ccc(Br)cc2)CC1. The van der Waals surface area contributed by atoms with Gasteiger partial charge in [0.2, 0.25) is 0 Å². The molecule has 0 saturated heterocycles.